The van der Waals surface area contributed by atoms with Crippen LogP contribution in [0.5, 0.6) is 5.75 Å². The summed E-state index contributed by atoms with van der Waals surface area (Å²) < 4.78 is 9.53. The van der Waals surface area contributed by atoms with Gasteiger partial charge in [-0.15, -0.1) is 0 Å². The number of ether oxygens (including phenoxy) is 2. The van der Waals surface area contributed by atoms with E-state index in [4.69, 9.17) is 4.74 Å². The molecule has 2 aromatic carbocycles. The van der Waals surface area contributed by atoms with E-state index in [2.05, 4.69) is 10.1 Å². The summed E-state index contributed by atoms with van der Waals surface area (Å²) in [5, 5.41) is 13.6. The summed E-state index contributed by atoms with van der Waals surface area (Å²) in [6.07, 6.45) is 0. The van der Waals surface area contributed by atoms with Crippen LogP contribution in [0.1, 0.15) is 20.7 Å². The fourth-order valence-corrected chi connectivity index (χ4v) is 1.99. The van der Waals surface area contributed by atoms with Gasteiger partial charge in [0.05, 0.1) is 30.8 Å². The second-order valence-electron chi connectivity index (χ2n) is 4.67. The molecule has 1 N–H and O–H groups in total. The van der Waals surface area contributed by atoms with E-state index in [9.17, 15) is 19.7 Å². The highest BCUT2D eigenvalue weighted by Crippen LogP contribution is 2.29. The van der Waals surface area contributed by atoms with Gasteiger partial charge in [0, 0.05) is 5.56 Å². The highest BCUT2D eigenvalue weighted by atomic mass is 16.6. The fourth-order valence-electron chi connectivity index (χ4n) is 1.99. The molecule has 0 aliphatic heterocycles. The zero-order valence-electron chi connectivity index (χ0n) is 12.9. The number of hydrogen-bond donors (Lipinski definition) is 1. The third kappa shape index (κ3) is 3.67. The summed E-state index contributed by atoms with van der Waals surface area (Å²) >= 11 is 0. The molecule has 2 aromatic rings. The summed E-state index contributed by atoms with van der Waals surface area (Å²) in [6.45, 7) is 0. The van der Waals surface area contributed by atoms with Crippen molar-refractivity contribution in [3.63, 3.8) is 0 Å². The van der Waals surface area contributed by atoms with Crippen LogP contribution < -0.4 is 10.1 Å². The fraction of sp³-hybridized carbons (Fsp3) is 0.125. The minimum Gasteiger partial charge on any atom is -0.496 e. The Morgan fingerprint density at radius 2 is 1.79 bits per heavy atom. The summed E-state index contributed by atoms with van der Waals surface area (Å²) in [5.41, 5.74) is 0.0958. The van der Waals surface area contributed by atoms with Crippen molar-refractivity contribution >= 4 is 23.3 Å². The molecule has 1 amide bonds. The number of anilines is 1. The first-order valence-corrected chi connectivity index (χ1v) is 6.78. The Morgan fingerprint density at radius 3 is 2.42 bits per heavy atom. The second kappa shape index (κ2) is 7.23. The Hall–Kier alpha value is -3.42. The van der Waals surface area contributed by atoms with Crippen molar-refractivity contribution in [2.24, 2.45) is 0 Å². The molecule has 24 heavy (non-hydrogen) atoms. The van der Waals surface area contributed by atoms with Crippen molar-refractivity contribution in [1.82, 2.24) is 0 Å². The minimum absolute atomic E-state index is 0.0225. The van der Waals surface area contributed by atoms with Crippen LogP contribution >= 0.6 is 0 Å². The lowest BCUT2D eigenvalue weighted by atomic mass is 10.1. The van der Waals surface area contributed by atoms with Crippen LogP contribution in [0.4, 0.5) is 11.4 Å². The van der Waals surface area contributed by atoms with Crippen molar-refractivity contribution in [1.29, 1.82) is 0 Å². The maximum absolute atomic E-state index is 12.3. The Morgan fingerprint density at radius 1 is 1.08 bits per heavy atom. The number of amides is 1. The Balaban J connectivity index is 2.30. The first kappa shape index (κ1) is 16.9. The summed E-state index contributed by atoms with van der Waals surface area (Å²) in [7, 11) is 2.62. The quantitative estimate of drug-likeness (QED) is 0.513. The molecule has 0 atom stereocenters. The zero-order chi connectivity index (χ0) is 17.7. The number of hydrogen-bond acceptors (Lipinski definition) is 6. The molecule has 2 rings (SSSR count). The standard InChI is InChI=1S/C16H14N2O6/c1-23-12-6-7-13(14(9-12)18(21)22)17-15(19)10-4-3-5-11(8-10)16(20)24-2/h3-9H,1-2H3,(H,17,19). The van der Waals surface area contributed by atoms with E-state index in [-0.39, 0.29) is 22.5 Å². The highest BCUT2D eigenvalue weighted by molar-refractivity contribution is 6.06. The predicted octanol–water partition coefficient (Wildman–Crippen LogP) is 2.64. The van der Waals surface area contributed by atoms with E-state index in [1.807, 2.05) is 0 Å². The number of methoxy groups -OCH3 is 2. The van der Waals surface area contributed by atoms with Crippen molar-refractivity contribution in [3.05, 3.63) is 63.7 Å². The Kier molecular flexibility index (Phi) is 5.10. The van der Waals surface area contributed by atoms with Gasteiger partial charge in [-0.2, -0.15) is 0 Å². The number of nitro benzene ring substituents is 1. The van der Waals surface area contributed by atoms with E-state index in [0.29, 0.717) is 5.75 Å². The van der Waals surface area contributed by atoms with Crippen LogP contribution in [-0.4, -0.2) is 31.0 Å². The van der Waals surface area contributed by atoms with Gasteiger partial charge in [-0.25, -0.2) is 4.79 Å². The summed E-state index contributed by atoms with van der Waals surface area (Å²) in [5.74, 6) is -0.874. The van der Waals surface area contributed by atoms with Gasteiger partial charge in [-0.1, -0.05) is 6.07 Å². The van der Waals surface area contributed by atoms with Gasteiger partial charge < -0.3 is 14.8 Å². The van der Waals surface area contributed by atoms with Crippen molar-refractivity contribution in [2.45, 2.75) is 0 Å². The van der Waals surface area contributed by atoms with Crippen molar-refractivity contribution < 1.29 is 24.0 Å². The molecule has 0 unspecified atom stereocenters. The third-order valence-electron chi connectivity index (χ3n) is 3.20. The maximum atomic E-state index is 12.3. The van der Waals surface area contributed by atoms with Crippen LogP contribution in [0.15, 0.2) is 42.5 Å². The number of esters is 1. The normalized spacial score (nSPS) is 9.92. The van der Waals surface area contributed by atoms with E-state index >= 15 is 0 Å². The van der Waals surface area contributed by atoms with Gasteiger partial charge in [-0.3, -0.25) is 14.9 Å². The molecule has 0 fully saturated rings. The van der Waals surface area contributed by atoms with Gasteiger partial charge in [-0.05, 0) is 30.3 Å². The zero-order valence-corrected chi connectivity index (χ0v) is 12.9. The van der Waals surface area contributed by atoms with Gasteiger partial charge in [0.25, 0.3) is 11.6 Å². The molecule has 124 valence electrons. The molecule has 0 saturated heterocycles. The molecule has 0 aliphatic carbocycles. The van der Waals surface area contributed by atoms with Crippen LogP contribution in [-0.2, 0) is 4.74 Å². The smallest absolute Gasteiger partial charge is 0.337 e. The van der Waals surface area contributed by atoms with Gasteiger partial charge in [0.15, 0.2) is 0 Å². The molecule has 0 aliphatic rings. The van der Waals surface area contributed by atoms with Crippen LogP contribution in [0.3, 0.4) is 0 Å². The van der Waals surface area contributed by atoms with Crippen molar-refractivity contribution in [2.75, 3.05) is 19.5 Å². The van der Waals surface area contributed by atoms with Crippen molar-refractivity contribution in [3.8, 4) is 5.75 Å². The lowest BCUT2D eigenvalue weighted by molar-refractivity contribution is -0.384. The maximum Gasteiger partial charge on any atom is 0.337 e. The number of rotatable bonds is 5. The summed E-state index contributed by atoms with van der Waals surface area (Å²) in [6, 6.07) is 9.92. The monoisotopic (exact) mass is 330 g/mol. The third-order valence-corrected chi connectivity index (χ3v) is 3.20. The molecule has 8 heteroatoms. The Bertz CT molecular complexity index is 803. The van der Waals surface area contributed by atoms with Crippen LogP contribution in [0.25, 0.3) is 0 Å². The molecule has 0 saturated carbocycles. The van der Waals surface area contributed by atoms with E-state index in [1.54, 1.807) is 0 Å². The molecule has 0 bridgehead atoms. The highest BCUT2D eigenvalue weighted by Gasteiger charge is 2.18. The molecule has 0 heterocycles. The molecule has 0 spiro atoms. The minimum atomic E-state index is -0.622. The number of carbonyl (C=O) groups is 2. The van der Waals surface area contributed by atoms with Crippen LogP contribution in [0.2, 0.25) is 0 Å². The molecular formula is C16H14N2O6. The van der Waals surface area contributed by atoms with Gasteiger partial charge >= 0.3 is 5.97 Å². The lowest BCUT2D eigenvalue weighted by Gasteiger charge is -2.08. The molecule has 0 radical (unpaired) electrons. The molecule has 8 nitrogen and oxygen atoms in total. The number of nitrogens with zero attached hydrogens (tertiary/aromatic N) is 1. The van der Waals surface area contributed by atoms with Crippen LogP contribution in [0, 0.1) is 10.1 Å². The largest absolute Gasteiger partial charge is 0.496 e. The average Bonchev–Trinajstić information content (AvgIpc) is 2.61. The van der Waals surface area contributed by atoms with E-state index in [1.165, 1.54) is 56.7 Å². The van der Waals surface area contributed by atoms with E-state index in [0.717, 1.165) is 0 Å². The second-order valence-corrected chi connectivity index (χ2v) is 4.67. The summed E-state index contributed by atoms with van der Waals surface area (Å²) in [4.78, 5) is 34.3. The number of nitro groups is 1. The topological polar surface area (TPSA) is 108 Å². The van der Waals surface area contributed by atoms with Gasteiger partial charge in [0.1, 0.15) is 11.4 Å². The number of carbonyl (C=O) groups excluding carboxylic acids is 2. The van der Waals surface area contributed by atoms with E-state index < -0.39 is 16.8 Å². The average molecular weight is 330 g/mol. The molecular weight excluding hydrogens is 316 g/mol. The predicted molar refractivity (Wildman–Crippen MR) is 85.4 cm³/mol. The number of benzene rings is 2. The lowest BCUT2D eigenvalue weighted by Crippen LogP contribution is -2.14. The SMILES string of the molecule is COC(=O)c1cccc(C(=O)Nc2ccc(OC)cc2[N+](=O)[O-])c1. The Labute approximate surface area is 137 Å². The first-order chi connectivity index (χ1) is 11.5. The molecule has 0 aromatic heterocycles. The first-order valence-electron chi connectivity index (χ1n) is 6.78. The van der Waals surface area contributed by atoms with Gasteiger partial charge in [0.2, 0.25) is 0 Å². The number of nitrogens with one attached hydrogen (secondary N) is 1.